The highest BCUT2D eigenvalue weighted by Crippen LogP contribution is 2.40. The Morgan fingerprint density at radius 1 is 1.10 bits per heavy atom. The lowest BCUT2D eigenvalue weighted by Crippen LogP contribution is -2.54. The number of nitrogens with zero attached hydrogens (tertiary/aromatic N) is 1. The Balaban J connectivity index is 1.63. The number of amides is 2. The van der Waals surface area contributed by atoms with E-state index in [4.69, 9.17) is 14.2 Å². The summed E-state index contributed by atoms with van der Waals surface area (Å²) in [5.74, 6) is -0.647. The molecule has 2 aliphatic rings. The highest BCUT2D eigenvalue weighted by molar-refractivity contribution is 5.81. The second-order valence-electron chi connectivity index (χ2n) is 9.21. The molecule has 0 spiro atoms. The van der Waals surface area contributed by atoms with Crippen molar-refractivity contribution in [2.24, 2.45) is 5.92 Å². The fourth-order valence-electron chi connectivity index (χ4n) is 4.51. The van der Waals surface area contributed by atoms with Crippen molar-refractivity contribution in [1.29, 1.82) is 0 Å². The zero-order valence-corrected chi connectivity index (χ0v) is 18.6. The predicted molar refractivity (Wildman–Crippen MR) is 113 cm³/mol. The third kappa shape index (κ3) is 5.89. The predicted octanol–water partition coefficient (Wildman–Crippen LogP) is 3.63. The summed E-state index contributed by atoms with van der Waals surface area (Å²) in [5, 5.41) is 2.68. The molecule has 0 radical (unpaired) electrons. The molecule has 3 atom stereocenters. The van der Waals surface area contributed by atoms with Crippen molar-refractivity contribution in [3.05, 3.63) is 35.9 Å². The molecule has 2 aliphatic heterocycles. The Bertz CT molecular complexity index is 777. The van der Waals surface area contributed by atoms with E-state index in [-0.39, 0.29) is 30.7 Å². The third-order valence-corrected chi connectivity index (χ3v) is 5.78. The van der Waals surface area contributed by atoms with Crippen LogP contribution in [0.1, 0.15) is 52.0 Å². The maximum atomic E-state index is 12.8. The summed E-state index contributed by atoms with van der Waals surface area (Å²) >= 11 is 0. The number of ether oxygens (including phenoxy) is 3. The van der Waals surface area contributed by atoms with Crippen molar-refractivity contribution in [3.63, 3.8) is 0 Å². The van der Waals surface area contributed by atoms with Crippen LogP contribution in [0.15, 0.2) is 30.3 Å². The first-order valence-corrected chi connectivity index (χ1v) is 10.7. The summed E-state index contributed by atoms with van der Waals surface area (Å²) in [5.41, 5.74) is 0.265. The molecular formula is C23H32N2O6. The number of benzene rings is 1. The number of carbonyl (C=O) groups is 3. The minimum absolute atomic E-state index is 0.0281. The van der Waals surface area contributed by atoms with Gasteiger partial charge in [0.15, 0.2) is 0 Å². The van der Waals surface area contributed by atoms with Crippen LogP contribution in [-0.2, 0) is 25.6 Å². The molecule has 2 bridgehead atoms. The summed E-state index contributed by atoms with van der Waals surface area (Å²) < 4.78 is 15.8. The zero-order chi connectivity index (χ0) is 22.6. The Morgan fingerprint density at radius 2 is 1.71 bits per heavy atom. The number of methoxy groups -OCH3 is 1. The molecule has 8 heteroatoms. The van der Waals surface area contributed by atoms with Crippen LogP contribution in [-0.4, -0.2) is 53.9 Å². The molecule has 8 nitrogen and oxygen atoms in total. The average molecular weight is 433 g/mol. The molecule has 1 aromatic carbocycles. The molecule has 2 fully saturated rings. The summed E-state index contributed by atoms with van der Waals surface area (Å²) in [6, 6.07) is 8.69. The smallest absolute Gasteiger partial charge is 0.410 e. The maximum absolute atomic E-state index is 12.8. The van der Waals surface area contributed by atoms with Crippen molar-refractivity contribution in [3.8, 4) is 0 Å². The first-order valence-electron chi connectivity index (χ1n) is 10.7. The highest BCUT2D eigenvalue weighted by atomic mass is 16.6. The summed E-state index contributed by atoms with van der Waals surface area (Å²) in [7, 11) is 1.30. The second-order valence-corrected chi connectivity index (χ2v) is 9.21. The lowest BCUT2D eigenvalue weighted by molar-refractivity contribution is -0.145. The Kier molecular flexibility index (Phi) is 7.08. The van der Waals surface area contributed by atoms with Gasteiger partial charge in [0.25, 0.3) is 0 Å². The Morgan fingerprint density at radius 3 is 2.26 bits per heavy atom. The molecule has 0 aliphatic carbocycles. The van der Waals surface area contributed by atoms with Crippen molar-refractivity contribution >= 4 is 18.2 Å². The minimum atomic E-state index is -0.814. The van der Waals surface area contributed by atoms with Gasteiger partial charge in [0.05, 0.1) is 7.11 Å². The molecule has 31 heavy (non-hydrogen) atoms. The van der Waals surface area contributed by atoms with E-state index in [2.05, 4.69) is 5.32 Å². The second kappa shape index (κ2) is 9.58. The van der Waals surface area contributed by atoms with E-state index in [1.54, 1.807) is 25.7 Å². The standard InChI is InChI=1S/C23H32N2O6/c1-23(2,3)31-21(27)24-19(20(26)29-4)16-12-17-10-11-18(13-16)25(17)22(28)30-14-15-8-6-5-7-9-15/h5-9,16-19H,10-14H2,1-4H3,(H,24,27)/t16?,17?,18?,19-/m0/s1. The molecule has 1 N–H and O–H groups in total. The van der Waals surface area contributed by atoms with Gasteiger partial charge in [0.1, 0.15) is 18.2 Å². The Hall–Kier alpha value is -2.77. The van der Waals surface area contributed by atoms with Gasteiger partial charge in [-0.05, 0) is 57.9 Å². The van der Waals surface area contributed by atoms with E-state index in [0.717, 1.165) is 18.4 Å². The summed E-state index contributed by atoms with van der Waals surface area (Å²) in [6.45, 7) is 5.52. The average Bonchev–Trinajstić information content (AvgIpc) is 2.99. The fourth-order valence-corrected chi connectivity index (χ4v) is 4.51. The van der Waals surface area contributed by atoms with Crippen LogP contribution in [0, 0.1) is 5.92 Å². The summed E-state index contributed by atoms with van der Waals surface area (Å²) in [6.07, 6.45) is 1.90. The Labute approximate surface area is 183 Å². The maximum Gasteiger partial charge on any atom is 0.410 e. The van der Waals surface area contributed by atoms with Crippen LogP contribution in [0.25, 0.3) is 0 Å². The van der Waals surface area contributed by atoms with Gasteiger partial charge < -0.3 is 24.4 Å². The van der Waals surface area contributed by atoms with Crippen molar-refractivity contribution in [2.75, 3.05) is 7.11 Å². The lowest BCUT2D eigenvalue weighted by atomic mass is 9.85. The van der Waals surface area contributed by atoms with Gasteiger partial charge in [-0.25, -0.2) is 14.4 Å². The molecule has 0 aromatic heterocycles. The third-order valence-electron chi connectivity index (χ3n) is 5.78. The molecule has 3 rings (SSSR count). The quantitative estimate of drug-likeness (QED) is 0.564. The number of piperidine rings is 1. The molecule has 2 unspecified atom stereocenters. The first kappa shape index (κ1) is 22.9. The van der Waals surface area contributed by atoms with Crippen LogP contribution < -0.4 is 5.32 Å². The van der Waals surface area contributed by atoms with E-state index in [9.17, 15) is 14.4 Å². The monoisotopic (exact) mass is 432 g/mol. The van der Waals surface area contributed by atoms with Crippen LogP contribution in [0.2, 0.25) is 0 Å². The molecule has 170 valence electrons. The van der Waals surface area contributed by atoms with Crippen LogP contribution >= 0.6 is 0 Å². The number of nitrogens with one attached hydrogen (secondary N) is 1. The SMILES string of the molecule is COC(=O)[C@@H](NC(=O)OC(C)(C)C)C1CC2CCC(C1)N2C(=O)OCc1ccccc1. The molecule has 2 amide bonds. The van der Waals surface area contributed by atoms with Gasteiger partial charge >= 0.3 is 18.2 Å². The molecule has 0 saturated carbocycles. The zero-order valence-electron chi connectivity index (χ0n) is 18.6. The number of hydrogen-bond acceptors (Lipinski definition) is 6. The molecular weight excluding hydrogens is 400 g/mol. The van der Waals surface area contributed by atoms with Gasteiger partial charge in [-0.3, -0.25) is 0 Å². The van der Waals surface area contributed by atoms with E-state index < -0.39 is 23.7 Å². The van der Waals surface area contributed by atoms with Gasteiger partial charge in [-0.2, -0.15) is 0 Å². The van der Waals surface area contributed by atoms with Gasteiger partial charge in [-0.1, -0.05) is 30.3 Å². The number of fused-ring (bicyclic) bond motifs is 2. The van der Waals surface area contributed by atoms with Crippen molar-refractivity contribution in [1.82, 2.24) is 10.2 Å². The van der Waals surface area contributed by atoms with Crippen LogP contribution in [0.4, 0.5) is 9.59 Å². The van der Waals surface area contributed by atoms with E-state index >= 15 is 0 Å². The van der Waals surface area contributed by atoms with Crippen LogP contribution in [0.3, 0.4) is 0 Å². The topological polar surface area (TPSA) is 94.2 Å². The van der Waals surface area contributed by atoms with E-state index in [1.807, 2.05) is 30.3 Å². The minimum Gasteiger partial charge on any atom is -0.467 e. The number of hydrogen-bond donors (Lipinski definition) is 1. The summed E-state index contributed by atoms with van der Waals surface area (Å²) in [4.78, 5) is 39.3. The normalized spacial score (nSPS) is 23.6. The first-order chi connectivity index (χ1) is 14.7. The van der Waals surface area contributed by atoms with Crippen molar-refractivity contribution < 1.29 is 28.6 Å². The van der Waals surface area contributed by atoms with Crippen LogP contribution in [0.5, 0.6) is 0 Å². The van der Waals surface area contributed by atoms with E-state index in [0.29, 0.717) is 12.8 Å². The number of alkyl carbamates (subject to hydrolysis) is 1. The lowest BCUT2D eigenvalue weighted by Gasteiger charge is -2.40. The van der Waals surface area contributed by atoms with Gasteiger partial charge in [0, 0.05) is 12.1 Å². The number of rotatable bonds is 5. The molecule has 2 heterocycles. The van der Waals surface area contributed by atoms with Crippen molar-refractivity contribution in [2.45, 2.75) is 76.8 Å². The molecule has 1 aromatic rings. The number of carbonyl (C=O) groups excluding carboxylic acids is 3. The number of esters is 1. The van der Waals surface area contributed by atoms with Gasteiger partial charge in [-0.15, -0.1) is 0 Å². The van der Waals surface area contributed by atoms with E-state index in [1.165, 1.54) is 7.11 Å². The highest BCUT2D eigenvalue weighted by Gasteiger charge is 2.48. The fraction of sp³-hybridized carbons (Fsp3) is 0.609. The molecule has 2 saturated heterocycles. The largest absolute Gasteiger partial charge is 0.467 e. The van der Waals surface area contributed by atoms with Gasteiger partial charge in [0.2, 0.25) is 0 Å².